The van der Waals surface area contributed by atoms with Crippen LogP contribution in [0.2, 0.25) is 10.0 Å². The van der Waals surface area contributed by atoms with Gasteiger partial charge in [-0.15, -0.1) is 10.2 Å². The highest BCUT2D eigenvalue weighted by atomic mass is 79.9. The Kier molecular flexibility index (Phi) is 5.96. The molecule has 0 radical (unpaired) electrons. The van der Waals surface area contributed by atoms with E-state index in [1.165, 1.54) is 5.56 Å². The molecule has 8 heteroatoms. The Morgan fingerprint density at radius 3 is 2.51 bits per heavy atom. The average Bonchev–Trinajstić information content (AvgIpc) is 3.39. The van der Waals surface area contributed by atoms with Crippen molar-refractivity contribution in [1.29, 1.82) is 0 Å². The fourth-order valence-corrected chi connectivity index (χ4v) is 6.60. The van der Waals surface area contributed by atoms with Gasteiger partial charge in [-0.25, -0.2) is 4.98 Å². The highest BCUT2D eigenvalue weighted by molar-refractivity contribution is 9.11. The molecule has 2 aromatic carbocycles. The number of hydrogen-bond donors (Lipinski definition) is 0. The van der Waals surface area contributed by atoms with Crippen molar-refractivity contribution in [2.75, 3.05) is 0 Å². The summed E-state index contributed by atoms with van der Waals surface area (Å²) in [7, 11) is 0. The largest absolute Gasteiger partial charge is 0.320 e. The molecule has 2 aliphatic carbocycles. The predicted octanol–water partition coefficient (Wildman–Crippen LogP) is 8.54. The van der Waals surface area contributed by atoms with Crippen molar-refractivity contribution >= 4 is 50.5 Å². The summed E-state index contributed by atoms with van der Waals surface area (Å²) in [6.45, 7) is 2.11. The average molecular weight is 584 g/mol. The lowest BCUT2D eigenvalue weighted by Crippen LogP contribution is -2.11. The first-order valence-electron chi connectivity index (χ1n) is 11.4. The van der Waals surface area contributed by atoms with Crippen molar-refractivity contribution in [2.24, 2.45) is 0 Å². The molecule has 4 aromatic rings. The maximum Gasteiger partial charge on any atom is 0.168 e. The van der Waals surface area contributed by atoms with Crippen molar-refractivity contribution in [2.45, 2.75) is 37.6 Å². The van der Waals surface area contributed by atoms with Crippen molar-refractivity contribution in [3.8, 4) is 22.1 Å². The first kappa shape index (κ1) is 23.2. The molecular formula is C27H21BrCl2N4S. The molecule has 0 spiro atoms. The molecule has 35 heavy (non-hydrogen) atoms. The smallest absolute Gasteiger partial charge is 0.168 e. The van der Waals surface area contributed by atoms with Gasteiger partial charge >= 0.3 is 0 Å². The van der Waals surface area contributed by atoms with Crippen LogP contribution in [0.4, 0.5) is 0 Å². The second-order valence-electron chi connectivity index (χ2n) is 8.97. The lowest BCUT2D eigenvalue weighted by molar-refractivity contribution is 0.599. The van der Waals surface area contributed by atoms with Crippen LogP contribution in [0.5, 0.6) is 0 Å². The lowest BCUT2D eigenvalue weighted by Gasteiger charge is -2.21. The van der Waals surface area contributed by atoms with Gasteiger partial charge in [0.1, 0.15) is 16.5 Å². The van der Waals surface area contributed by atoms with Gasteiger partial charge in [-0.05, 0) is 56.0 Å². The first-order valence-corrected chi connectivity index (χ1v) is 13.8. The van der Waals surface area contributed by atoms with Crippen molar-refractivity contribution in [1.82, 2.24) is 19.7 Å². The van der Waals surface area contributed by atoms with E-state index >= 15 is 0 Å². The normalized spacial score (nSPS) is 18.5. The standard InChI is InChI=1S/C27H21BrCl2N4S/c1-16-23(25-32-33-26(35-25)27(14-15-27)17-6-10-19(29)11-7-17)31-24(21-4-2-3-5-22(21)30)34(16)20-12-8-18(28)9-13-20/h2-12,20H,13-15H2,1H3. The molecular weight excluding hydrogens is 563 g/mol. The number of allylic oxidation sites excluding steroid dienone is 4. The lowest BCUT2D eigenvalue weighted by atomic mass is 9.97. The number of aromatic nitrogens is 4. The fraction of sp³-hybridized carbons (Fsp3) is 0.222. The van der Waals surface area contributed by atoms with Gasteiger partial charge in [0, 0.05) is 26.2 Å². The van der Waals surface area contributed by atoms with E-state index in [0.717, 1.165) is 61.6 Å². The summed E-state index contributed by atoms with van der Waals surface area (Å²) >= 11 is 18.0. The summed E-state index contributed by atoms with van der Waals surface area (Å²) in [4.78, 5) is 5.11. The van der Waals surface area contributed by atoms with Gasteiger partial charge in [-0.3, -0.25) is 0 Å². The van der Waals surface area contributed by atoms with Crippen LogP contribution in [0.1, 0.15) is 41.6 Å². The Labute approximate surface area is 226 Å². The summed E-state index contributed by atoms with van der Waals surface area (Å²) in [6.07, 6.45) is 9.48. The van der Waals surface area contributed by atoms with Crippen molar-refractivity contribution in [3.05, 3.63) is 97.6 Å². The molecule has 0 saturated heterocycles. The zero-order valence-corrected chi connectivity index (χ0v) is 22.8. The summed E-state index contributed by atoms with van der Waals surface area (Å²) in [5, 5.41) is 12.6. The molecule has 6 rings (SSSR count). The number of hydrogen-bond acceptors (Lipinski definition) is 4. The molecule has 2 heterocycles. The maximum atomic E-state index is 6.63. The van der Waals surface area contributed by atoms with Crippen LogP contribution in [0.3, 0.4) is 0 Å². The zero-order chi connectivity index (χ0) is 24.2. The summed E-state index contributed by atoms with van der Waals surface area (Å²) in [5.74, 6) is 0.847. The minimum atomic E-state index is -0.0638. The van der Waals surface area contributed by atoms with E-state index in [1.807, 2.05) is 36.4 Å². The first-order chi connectivity index (χ1) is 17.0. The topological polar surface area (TPSA) is 43.6 Å². The third-order valence-corrected chi connectivity index (χ3v) is 9.12. The molecule has 0 N–H and O–H groups in total. The SMILES string of the molecule is Cc1c(-c2nnc(C3(c4ccc(Cl)cc4)CC3)s2)nc(-c2ccccc2Cl)n1C1C=CC(Br)=CC1. The minimum Gasteiger partial charge on any atom is -0.320 e. The van der Waals surface area contributed by atoms with Crippen molar-refractivity contribution < 1.29 is 0 Å². The van der Waals surface area contributed by atoms with Crippen LogP contribution in [-0.4, -0.2) is 19.7 Å². The molecule has 1 fully saturated rings. The molecule has 1 unspecified atom stereocenters. The molecule has 4 nitrogen and oxygen atoms in total. The van der Waals surface area contributed by atoms with E-state index in [1.54, 1.807) is 11.3 Å². The Balaban J connectivity index is 1.44. The predicted molar refractivity (Wildman–Crippen MR) is 148 cm³/mol. The molecule has 1 atom stereocenters. The number of imidazole rings is 1. The van der Waals surface area contributed by atoms with Gasteiger partial charge in [0.05, 0.1) is 11.1 Å². The van der Waals surface area contributed by atoms with E-state index < -0.39 is 0 Å². The van der Waals surface area contributed by atoms with E-state index in [4.69, 9.17) is 28.2 Å². The second kappa shape index (κ2) is 9.00. The third kappa shape index (κ3) is 4.10. The van der Waals surface area contributed by atoms with E-state index in [2.05, 4.69) is 68.0 Å². The van der Waals surface area contributed by atoms with E-state index in [-0.39, 0.29) is 11.5 Å². The number of halogens is 3. The van der Waals surface area contributed by atoms with Crippen molar-refractivity contribution in [3.63, 3.8) is 0 Å². The highest BCUT2D eigenvalue weighted by Gasteiger charge is 2.49. The van der Waals surface area contributed by atoms with Gasteiger partial charge in [0.25, 0.3) is 0 Å². The summed E-state index contributed by atoms with van der Waals surface area (Å²) in [6, 6.07) is 16.1. The molecule has 0 aliphatic heterocycles. The van der Waals surface area contributed by atoms with Crippen LogP contribution in [0.25, 0.3) is 22.1 Å². The highest BCUT2D eigenvalue weighted by Crippen LogP contribution is 2.55. The maximum absolute atomic E-state index is 6.63. The van der Waals surface area contributed by atoms with Crippen LogP contribution < -0.4 is 0 Å². The van der Waals surface area contributed by atoms with Gasteiger partial charge in [-0.2, -0.15) is 0 Å². The molecule has 1 saturated carbocycles. The van der Waals surface area contributed by atoms with E-state index in [0.29, 0.717) is 5.02 Å². The minimum absolute atomic E-state index is 0.0638. The van der Waals surface area contributed by atoms with Gasteiger partial charge in [-0.1, -0.05) is 93.0 Å². The number of nitrogens with zero attached hydrogens (tertiary/aromatic N) is 4. The Hall–Kier alpha value is -2.25. The Morgan fingerprint density at radius 1 is 1.06 bits per heavy atom. The molecule has 2 aromatic heterocycles. The number of benzene rings is 2. The zero-order valence-electron chi connectivity index (χ0n) is 18.9. The summed E-state index contributed by atoms with van der Waals surface area (Å²) in [5.41, 5.74) is 4.01. The quantitative estimate of drug-likeness (QED) is 0.236. The molecule has 0 amide bonds. The fourth-order valence-electron chi connectivity index (χ4n) is 4.76. The second-order valence-corrected chi connectivity index (χ2v) is 11.7. The number of rotatable bonds is 5. The van der Waals surface area contributed by atoms with Gasteiger partial charge in [0.2, 0.25) is 0 Å². The third-order valence-electron chi connectivity index (χ3n) is 6.81. The Bertz CT molecular complexity index is 1480. The summed E-state index contributed by atoms with van der Waals surface area (Å²) < 4.78 is 3.37. The molecule has 0 bridgehead atoms. The van der Waals surface area contributed by atoms with Gasteiger partial charge in [0.15, 0.2) is 5.01 Å². The van der Waals surface area contributed by atoms with Crippen LogP contribution in [0.15, 0.2) is 71.2 Å². The van der Waals surface area contributed by atoms with Crippen LogP contribution in [0, 0.1) is 6.92 Å². The molecule has 176 valence electrons. The van der Waals surface area contributed by atoms with Crippen LogP contribution in [-0.2, 0) is 5.41 Å². The Morgan fingerprint density at radius 2 is 1.83 bits per heavy atom. The van der Waals surface area contributed by atoms with E-state index in [9.17, 15) is 0 Å². The monoisotopic (exact) mass is 582 g/mol. The van der Waals surface area contributed by atoms with Gasteiger partial charge < -0.3 is 4.57 Å². The molecule has 2 aliphatic rings. The van der Waals surface area contributed by atoms with Crippen LogP contribution >= 0.6 is 50.5 Å².